The molecule has 1 aromatic heterocycles. The smallest absolute Gasteiger partial charge is 0.396 e. The van der Waals surface area contributed by atoms with Crippen molar-refractivity contribution in [2.45, 2.75) is 12.4 Å². The van der Waals surface area contributed by atoms with E-state index in [-0.39, 0.29) is 6.20 Å². The highest BCUT2D eigenvalue weighted by molar-refractivity contribution is 5.42. The Morgan fingerprint density at radius 1 is 1.00 bits per heavy atom. The van der Waals surface area contributed by atoms with E-state index in [0.29, 0.717) is 0 Å². The summed E-state index contributed by atoms with van der Waals surface area (Å²) in [5, 5.41) is 0. The van der Waals surface area contributed by atoms with Crippen LogP contribution in [0.5, 0.6) is 0 Å². The molecule has 1 aromatic rings. The van der Waals surface area contributed by atoms with E-state index in [4.69, 9.17) is 5.73 Å². The van der Waals surface area contributed by atoms with E-state index in [9.17, 15) is 26.3 Å². The van der Waals surface area contributed by atoms with Crippen LogP contribution in [0.1, 0.15) is 11.5 Å². The van der Waals surface area contributed by atoms with Crippen LogP contribution in [-0.4, -0.2) is 9.97 Å². The molecule has 2 N–H and O–H groups in total. The second-order valence-corrected chi connectivity index (χ2v) is 2.49. The van der Waals surface area contributed by atoms with E-state index < -0.39 is 29.6 Å². The van der Waals surface area contributed by atoms with Gasteiger partial charge in [0.25, 0.3) is 0 Å². The van der Waals surface area contributed by atoms with E-state index in [2.05, 4.69) is 9.97 Å². The average molecular weight is 231 g/mol. The molecule has 0 aromatic carbocycles. The zero-order valence-corrected chi connectivity index (χ0v) is 6.82. The Balaban J connectivity index is 3.30. The van der Waals surface area contributed by atoms with Gasteiger partial charge in [-0.05, 0) is 0 Å². The Bertz CT molecular complexity index is 368. The third-order valence-corrected chi connectivity index (χ3v) is 1.34. The molecule has 0 spiro atoms. The summed E-state index contributed by atoms with van der Waals surface area (Å²) in [7, 11) is 0. The first-order chi connectivity index (χ1) is 6.62. The van der Waals surface area contributed by atoms with Gasteiger partial charge in [-0.3, -0.25) is 0 Å². The highest BCUT2D eigenvalue weighted by Gasteiger charge is 2.40. The average Bonchev–Trinajstić information content (AvgIpc) is 2.00. The van der Waals surface area contributed by atoms with Gasteiger partial charge in [-0.15, -0.1) is 0 Å². The molecular weight excluding hydrogens is 228 g/mol. The number of nitrogen functional groups attached to an aromatic ring is 1. The quantitative estimate of drug-likeness (QED) is 0.695. The molecule has 1 rings (SSSR count). The van der Waals surface area contributed by atoms with E-state index in [1.54, 1.807) is 0 Å². The van der Waals surface area contributed by atoms with Crippen molar-refractivity contribution in [3.05, 3.63) is 17.7 Å². The van der Waals surface area contributed by atoms with Crippen molar-refractivity contribution in [2.75, 3.05) is 5.73 Å². The van der Waals surface area contributed by atoms with Crippen LogP contribution in [0.3, 0.4) is 0 Å². The minimum absolute atomic E-state index is 0.276. The van der Waals surface area contributed by atoms with E-state index >= 15 is 0 Å². The number of rotatable bonds is 0. The first-order valence-electron chi connectivity index (χ1n) is 3.39. The number of hydrogen-bond acceptors (Lipinski definition) is 3. The zero-order chi connectivity index (χ0) is 11.9. The number of nitrogens with two attached hydrogens (primary N) is 1. The van der Waals surface area contributed by atoms with Crippen LogP contribution in [0.15, 0.2) is 6.20 Å². The largest absolute Gasteiger partial charge is 0.451 e. The maximum Gasteiger partial charge on any atom is 0.451 e. The van der Waals surface area contributed by atoms with Crippen LogP contribution in [0.2, 0.25) is 0 Å². The van der Waals surface area contributed by atoms with Crippen molar-refractivity contribution in [3.8, 4) is 0 Å². The molecule has 0 bridgehead atoms. The lowest BCUT2D eigenvalue weighted by Crippen LogP contribution is -2.18. The first kappa shape index (κ1) is 11.5. The lowest BCUT2D eigenvalue weighted by Gasteiger charge is -2.10. The summed E-state index contributed by atoms with van der Waals surface area (Å²) in [6, 6.07) is 0. The van der Waals surface area contributed by atoms with Gasteiger partial charge in [0.2, 0.25) is 5.82 Å². The molecule has 0 radical (unpaired) electrons. The van der Waals surface area contributed by atoms with Gasteiger partial charge < -0.3 is 5.73 Å². The lowest BCUT2D eigenvalue weighted by atomic mass is 10.3. The molecule has 3 nitrogen and oxygen atoms in total. The summed E-state index contributed by atoms with van der Waals surface area (Å²) in [5.41, 5.74) is 2.07. The summed E-state index contributed by atoms with van der Waals surface area (Å²) < 4.78 is 72.1. The Labute approximate surface area is 78.9 Å². The molecule has 0 saturated heterocycles. The molecule has 0 unspecified atom stereocenters. The van der Waals surface area contributed by atoms with E-state index in [1.807, 2.05) is 0 Å². The van der Waals surface area contributed by atoms with Crippen LogP contribution in [0.4, 0.5) is 32.0 Å². The Kier molecular flexibility index (Phi) is 2.49. The molecule has 0 aliphatic rings. The molecule has 84 valence electrons. The van der Waals surface area contributed by atoms with Gasteiger partial charge in [-0.25, -0.2) is 9.97 Å². The molecule has 15 heavy (non-hydrogen) atoms. The normalized spacial score (nSPS) is 12.9. The van der Waals surface area contributed by atoms with Crippen molar-refractivity contribution in [2.24, 2.45) is 0 Å². The third-order valence-electron chi connectivity index (χ3n) is 1.34. The van der Waals surface area contributed by atoms with E-state index in [1.165, 1.54) is 0 Å². The molecule has 0 aliphatic heterocycles. The van der Waals surface area contributed by atoms with Crippen LogP contribution < -0.4 is 5.73 Å². The molecule has 1 heterocycles. The van der Waals surface area contributed by atoms with Gasteiger partial charge >= 0.3 is 12.4 Å². The van der Waals surface area contributed by atoms with Gasteiger partial charge in [0.05, 0.1) is 11.9 Å². The first-order valence-corrected chi connectivity index (χ1v) is 3.39. The molecule has 0 aliphatic carbocycles. The number of alkyl halides is 6. The van der Waals surface area contributed by atoms with Gasteiger partial charge in [0.15, 0.2) is 5.69 Å². The third kappa shape index (κ3) is 2.48. The predicted molar refractivity (Wildman–Crippen MR) is 36.4 cm³/mol. The number of hydrogen-bond donors (Lipinski definition) is 1. The Morgan fingerprint density at radius 3 is 1.93 bits per heavy atom. The Hall–Kier alpha value is -1.54. The lowest BCUT2D eigenvalue weighted by molar-refractivity contribution is -0.152. The molecule has 9 heteroatoms. The molecule has 0 amide bonds. The van der Waals surface area contributed by atoms with Gasteiger partial charge in [-0.1, -0.05) is 0 Å². The molecule has 0 atom stereocenters. The predicted octanol–water partition coefficient (Wildman–Crippen LogP) is 2.10. The van der Waals surface area contributed by atoms with Crippen molar-refractivity contribution >= 4 is 5.69 Å². The van der Waals surface area contributed by atoms with E-state index in [0.717, 1.165) is 0 Å². The highest BCUT2D eigenvalue weighted by Crippen LogP contribution is 2.34. The highest BCUT2D eigenvalue weighted by atomic mass is 19.4. The van der Waals surface area contributed by atoms with Crippen LogP contribution >= 0.6 is 0 Å². The fraction of sp³-hybridized carbons (Fsp3) is 0.333. The van der Waals surface area contributed by atoms with Gasteiger partial charge in [-0.2, -0.15) is 26.3 Å². The summed E-state index contributed by atoms with van der Waals surface area (Å²) in [4.78, 5) is 4.99. The number of aromatic nitrogens is 2. The molecular formula is C6H3F6N3. The van der Waals surface area contributed by atoms with Crippen LogP contribution in [0, 0.1) is 0 Å². The number of anilines is 1. The standard InChI is InChI=1S/C6H3F6N3/c7-5(8,9)3-2(13)1-14-4(15-3)6(10,11)12/h1H,13H2. The second kappa shape index (κ2) is 3.24. The SMILES string of the molecule is Nc1cnc(C(F)(F)F)nc1C(F)(F)F. The minimum atomic E-state index is -5.03. The fourth-order valence-electron chi connectivity index (χ4n) is 0.755. The van der Waals surface area contributed by atoms with Gasteiger partial charge in [0.1, 0.15) is 0 Å². The number of halogens is 6. The second-order valence-electron chi connectivity index (χ2n) is 2.49. The number of nitrogens with zero attached hydrogens (tertiary/aromatic N) is 2. The summed E-state index contributed by atoms with van der Waals surface area (Å²) in [5.74, 6) is -1.87. The van der Waals surface area contributed by atoms with Crippen molar-refractivity contribution < 1.29 is 26.3 Å². The molecule has 0 saturated carbocycles. The van der Waals surface area contributed by atoms with Crippen molar-refractivity contribution in [1.29, 1.82) is 0 Å². The summed E-state index contributed by atoms with van der Waals surface area (Å²) in [6.45, 7) is 0. The van der Waals surface area contributed by atoms with Crippen LogP contribution in [0.25, 0.3) is 0 Å². The van der Waals surface area contributed by atoms with Crippen LogP contribution in [-0.2, 0) is 12.4 Å². The molecule has 0 fully saturated rings. The maximum absolute atomic E-state index is 12.1. The minimum Gasteiger partial charge on any atom is -0.396 e. The Morgan fingerprint density at radius 2 is 1.53 bits per heavy atom. The summed E-state index contributed by atoms with van der Waals surface area (Å²) >= 11 is 0. The topological polar surface area (TPSA) is 51.8 Å². The zero-order valence-electron chi connectivity index (χ0n) is 6.82. The fourth-order valence-corrected chi connectivity index (χ4v) is 0.755. The maximum atomic E-state index is 12.1. The monoisotopic (exact) mass is 231 g/mol. The summed E-state index contributed by atoms with van der Waals surface area (Å²) in [6.07, 6.45) is -9.79. The van der Waals surface area contributed by atoms with Gasteiger partial charge in [0, 0.05) is 0 Å². The van der Waals surface area contributed by atoms with Crippen molar-refractivity contribution in [3.63, 3.8) is 0 Å². The van der Waals surface area contributed by atoms with Crippen molar-refractivity contribution in [1.82, 2.24) is 9.97 Å².